The molecule has 196 valence electrons. The Kier molecular flexibility index (Phi) is 7.59. The van der Waals surface area contributed by atoms with Crippen molar-refractivity contribution in [2.45, 2.75) is 76.7 Å². The molecule has 0 amide bonds. The van der Waals surface area contributed by atoms with Gasteiger partial charge in [-0.2, -0.15) is 0 Å². The molecule has 0 radical (unpaired) electrons. The number of likely N-dealkylation sites (N-methyl/N-ethyl adjacent to an activating group) is 1. The van der Waals surface area contributed by atoms with Crippen LogP contribution in [0.1, 0.15) is 80.9 Å². The zero-order chi connectivity index (χ0) is 25.4. The number of unbranched alkanes of at least 4 members (excludes halogenated alkanes) is 1. The van der Waals surface area contributed by atoms with E-state index in [0.717, 1.165) is 56.5 Å². The lowest BCUT2D eigenvalue weighted by Gasteiger charge is -2.54. The smallest absolute Gasteiger partial charge is 0.134 e. The van der Waals surface area contributed by atoms with Gasteiger partial charge in [-0.05, 0) is 116 Å². The molecule has 0 saturated heterocycles. The van der Waals surface area contributed by atoms with E-state index in [0.29, 0.717) is 35.3 Å². The third-order valence-electron chi connectivity index (χ3n) is 9.72. The van der Waals surface area contributed by atoms with Crippen LogP contribution in [0.15, 0.2) is 36.4 Å². The van der Waals surface area contributed by atoms with E-state index >= 15 is 0 Å². The van der Waals surface area contributed by atoms with Crippen molar-refractivity contribution in [3.8, 4) is 11.5 Å². The highest BCUT2D eigenvalue weighted by Crippen LogP contribution is 2.65. The van der Waals surface area contributed by atoms with Crippen LogP contribution < -0.4 is 4.74 Å². The first-order valence-corrected chi connectivity index (χ1v) is 14.3. The Balaban J connectivity index is 1.40. The Morgan fingerprint density at radius 2 is 1.86 bits per heavy atom. The maximum absolute atomic E-state index is 11.1. The molecule has 0 aliphatic heterocycles. The number of aliphatic hydroxyl groups is 1. The van der Waals surface area contributed by atoms with Gasteiger partial charge in [0, 0.05) is 6.54 Å². The van der Waals surface area contributed by atoms with Crippen LogP contribution in [0.3, 0.4) is 0 Å². The SMILES string of the molecule is CCCCN(C)CCOc1ccc([C@H]2C[C@]3(C)[C@@H](O)CC[C@H]3[C@@H]3CCc4c(ccc(O)c4Cl)[C@H]32)cc1. The van der Waals surface area contributed by atoms with E-state index < -0.39 is 0 Å². The van der Waals surface area contributed by atoms with Crippen LogP contribution >= 0.6 is 11.6 Å². The molecule has 2 saturated carbocycles. The zero-order valence-electron chi connectivity index (χ0n) is 22.0. The first-order chi connectivity index (χ1) is 17.3. The second-order valence-corrected chi connectivity index (χ2v) is 12.2. The molecular formula is C31H42ClNO3. The number of hydrogen-bond donors (Lipinski definition) is 2. The monoisotopic (exact) mass is 511 g/mol. The lowest BCUT2D eigenvalue weighted by Crippen LogP contribution is -2.47. The lowest BCUT2D eigenvalue weighted by atomic mass is 9.51. The molecule has 2 fully saturated rings. The van der Waals surface area contributed by atoms with Crippen molar-refractivity contribution >= 4 is 11.6 Å². The molecular weight excluding hydrogens is 470 g/mol. The number of halogens is 1. The summed E-state index contributed by atoms with van der Waals surface area (Å²) in [7, 11) is 2.15. The van der Waals surface area contributed by atoms with Gasteiger partial charge in [0.1, 0.15) is 18.1 Å². The van der Waals surface area contributed by atoms with Crippen LogP contribution in [-0.2, 0) is 6.42 Å². The fourth-order valence-electron chi connectivity index (χ4n) is 7.71. The number of rotatable bonds is 8. The van der Waals surface area contributed by atoms with Crippen LogP contribution in [-0.4, -0.2) is 48.0 Å². The van der Waals surface area contributed by atoms with Gasteiger partial charge in [0.2, 0.25) is 0 Å². The Bertz CT molecular complexity index is 1060. The van der Waals surface area contributed by atoms with E-state index in [4.69, 9.17) is 16.3 Å². The molecule has 2 aromatic rings. The summed E-state index contributed by atoms with van der Waals surface area (Å²) in [6.07, 6.45) is 7.15. The number of hydrogen-bond acceptors (Lipinski definition) is 4. The van der Waals surface area contributed by atoms with E-state index in [-0.39, 0.29) is 17.3 Å². The zero-order valence-corrected chi connectivity index (χ0v) is 22.8. The van der Waals surface area contributed by atoms with Gasteiger partial charge in [0.15, 0.2) is 0 Å². The fourth-order valence-corrected chi connectivity index (χ4v) is 7.98. The highest BCUT2D eigenvalue weighted by Gasteiger charge is 2.57. The summed E-state index contributed by atoms with van der Waals surface area (Å²) in [5.74, 6) is 2.81. The number of phenolic OH excluding ortho intramolecular Hbond substituents is 1. The number of ether oxygens (including phenoxy) is 1. The average molecular weight is 512 g/mol. The van der Waals surface area contributed by atoms with Crippen molar-refractivity contribution in [2.75, 3.05) is 26.7 Å². The Hall–Kier alpha value is -1.75. The third kappa shape index (κ3) is 4.66. The molecule has 2 aromatic carbocycles. The molecule has 0 aromatic heterocycles. The number of aliphatic hydroxyl groups excluding tert-OH is 1. The molecule has 5 heteroatoms. The summed E-state index contributed by atoms with van der Waals surface area (Å²) in [5, 5.41) is 21.9. The maximum Gasteiger partial charge on any atom is 0.134 e. The molecule has 3 aliphatic rings. The van der Waals surface area contributed by atoms with Gasteiger partial charge >= 0.3 is 0 Å². The molecule has 3 aliphatic carbocycles. The summed E-state index contributed by atoms with van der Waals surface area (Å²) in [5.41, 5.74) is 3.69. The fraction of sp³-hybridized carbons (Fsp3) is 0.613. The largest absolute Gasteiger partial charge is 0.506 e. The molecule has 0 bridgehead atoms. The minimum atomic E-state index is -0.233. The number of benzene rings is 2. The van der Waals surface area contributed by atoms with Gasteiger partial charge in [0.25, 0.3) is 0 Å². The Morgan fingerprint density at radius 3 is 2.61 bits per heavy atom. The van der Waals surface area contributed by atoms with Gasteiger partial charge in [-0.3, -0.25) is 0 Å². The molecule has 36 heavy (non-hydrogen) atoms. The predicted octanol–water partition coefficient (Wildman–Crippen LogP) is 6.77. The van der Waals surface area contributed by atoms with Crippen LogP contribution in [0.4, 0.5) is 0 Å². The van der Waals surface area contributed by atoms with E-state index in [1.54, 1.807) is 6.07 Å². The van der Waals surface area contributed by atoms with Gasteiger partial charge in [-0.15, -0.1) is 0 Å². The number of phenols is 1. The number of nitrogens with zero attached hydrogens (tertiary/aromatic N) is 1. The number of fused-ring (bicyclic) bond motifs is 5. The second kappa shape index (κ2) is 10.6. The van der Waals surface area contributed by atoms with Gasteiger partial charge in [-0.25, -0.2) is 0 Å². The van der Waals surface area contributed by atoms with E-state index in [1.165, 1.54) is 24.0 Å². The van der Waals surface area contributed by atoms with Crippen molar-refractivity contribution in [2.24, 2.45) is 17.3 Å². The van der Waals surface area contributed by atoms with Crippen molar-refractivity contribution < 1.29 is 14.9 Å². The summed E-state index contributed by atoms with van der Waals surface area (Å²) in [6.45, 7) is 7.27. The summed E-state index contributed by atoms with van der Waals surface area (Å²) in [4.78, 5) is 2.33. The molecule has 6 atom stereocenters. The first kappa shape index (κ1) is 25.9. The quantitative estimate of drug-likeness (QED) is 0.410. The summed E-state index contributed by atoms with van der Waals surface area (Å²) < 4.78 is 6.07. The van der Waals surface area contributed by atoms with Crippen molar-refractivity contribution in [1.29, 1.82) is 0 Å². The van der Waals surface area contributed by atoms with Gasteiger partial charge < -0.3 is 19.8 Å². The normalized spacial score (nSPS) is 31.1. The van der Waals surface area contributed by atoms with Crippen molar-refractivity contribution in [1.82, 2.24) is 4.90 Å². The molecule has 5 rings (SSSR count). The van der Waals surface area contributed by atoms with Gasteiger partial charge in [-0.1, -0.05) is 50.1 Å². The van der Waals surface area contributed by atoms with Crippen LogP contribution in [0.5, 0.6) is 11.5 Å². The topological polar surface area (TPSA) is 52.9 Å². The second-order valence-electron chi connectivity index (χ2n) is 11.8. The Morgan fingerprint density at radius 1 is 1.08 bits per heavy atom. The van der Waals surface area contributed by atoms with Gasteiger partial charge in [0.05, 0.1) is 11.1 Å². The summed E-state index contributed by atoms with van der Waals surface area (Å²) in [6, 6.07) is 12.6. The van der Waals surface area contributed by atoms with Crippen LogP contribution in [0.2, 0.25) is 5.02 Å². The lowest BCUT2D eigenvalue weighted by molar-refractivity contribution is -0.0322. The summed E-state index contributed by atoms with van der Waals surface area (Å²) >= 11 is 6.61. The minimum Gasteiger partial charge on any atom is -0.506 e. The van der Waals surface area contributed by atoms with Crippen LogP contribution in [0.25, 0.3) is 0 Å². The maximum atomic E-state index is 11.1. The molecule has 2 N–H and O–H groups in total. The predicted molar refractivity (Wildman–Crippen MR) is 146 cm³/mol. The molecule has 0 unspecified atom stereocenters. The molecule has 0 heterocycles. The molecule has 4 nitrogen and oxygen atoms in total. The minimum absolute atomic E-state index is 0.0533. The Labute approximate surface area is 221 Å². The third-order valence-corrected chi connectivity index (χ3v) is 10.1. The standard InChI is InChI=1S/C31H42ClNO3/c1-4-5-16-33(3)17-18-36-21-8-6-20(7-9-21)25-19-31(2)26(13-15-28(31)35)24-11-10-23-22(29(24)25)12-14-27(34)30(23)32/h6-9,12,14,24-26,28-29,34-35H,4-5,10-11,13,15-19H2,1-3H3/t24-,25+,26-,28-,29+,31-/m0/s1. The van der Waals surface area contributed by atoms with Crippen molar-refractivity contribution in [3.63, 3.8) is 0 Å². The number of aromatic hydroxyl groups is 1. The van der Waals surface area contributed by atoms with E-state index in [1.807, 2.05) is 0 Å². The van der Waals surface area contributed by atoms with E-state index in [2.05, 4.69) is 56.1 Å². The highest BCUT2D eigenvalue weighted by molar-refractivity contribution is 6.32. The average Bonchev–Trinajstić information content (AvgIpc) is 3.18. The highest BCUT2D eigenvalue weighted by atomic mass is 35.5. The van der Waals surface area contributed by atoms with E-state index in [9.17, 15) is 10.2 Å². The molecule has 0 spiro atoms. The van der Waals surface area contributed by atoms with Crippen molar-refractivity contribution in [3.05, 3.63) is 58.1 Å². The first-order valence-electron chi connectivity index (χ1n) is 13.9. The van der Waals surface area contributed by atoms with Crippen LogP contribution in [0, 0.1) is 17.3 Å².